The first-order valence-electron chi connectivity index (χ1n) is 5.51. The van der Waals surface area contributed by atoms with Crippen LogP contribution in [-0.4, -0.2) is 9.97 Å². The summed E-state index contributed by atoms with van der Waals surface area (Å²) in [7, 11) is 0. The summed E-state index contributed by atoms with van der Waals surface area (Å²) in [5.41, 5.74) is 8.19. The zero-order valence-electron chi connectivity index (χ0n) is 9.47. The minimum Gasteiger partial charge on any atom is -0.383 e. The van der Waals surface area contributed by atoms with Crippen LogP contribution in [0.1, 0.15) is 0 Å². The molecule has 18 heavy (non-hydrogen) atoms. The Labute approximate surface area is 103 Å². The van der Waals surface area contributed by atoms with E-state index < -0.39 is 0 Å². The van der Waals surface area contributed by atoms with Gasteiger partial charge < -0.3 is 5.73 Å². The second-order valence-electron chi connectivity index (χ2n) is 3.97. The third-order valence-corrected chi connectivity index (χ3v) is 2.77. The van der Waals surface area contributed by atoms with Crippen LogP contribution in [0.5, 0.6) is 0 Å². The van der Waals surface area contributed by atoms with Crippen molar-refractivity contribution in [3.05, 3.63) is 54.5 Å². The highest BCUT2D eigenvalue weighted by Gasteiger charge is 2.05. The minimum absolute atomic E-state index is 0.273. The van der Waals surface area contributed by atoms with E-state index in [1.807, 2.05) is 18.2 Å². The maximum absolute atomic E-state index is 12.9. The minimum atomic E-state index is -0.273. The van der Waals surface area contributed by atoms with Gasteiger partial charge in [-0.05, 0) is 42.5 Å². The van der Waals surface area contributed by atoms with Crippen molar-refractivity contribution in [1.82, 2.24) is 9.97 Å². The molecular formula is C14H10FN3. The fraction of sp³-hybridized carbons (Fsp3) is 0. The SMILES string of the molecule is Nc1nc(-c2ccc(F)cc2)cc2ncccc12. The summed E-state index contributed by atoms with van der Waals surface area (Å²) in [6, 6.07) is 11.7. The molecule has 0 saturated carbocycles. The van der Waals surface area contributed by atoms with E-state index in [0.717, 1.165) is 16.5 Å². The van der Waals surface area contributed by atoms with Crippen LogP contribution in [-0.2, 0) is 0 Å². The van der Waals surface area contributed by atoms with E-state index in [0.29, 0.717) is 11.5 Å². The summed E-state index contributed by atoms with van der Waals surface area (Å²) < 4.78 is 12.9. The average molecular weight is 239 g/mol. The van der Waals surface area contributed by atoms with Gasteiger partial charge in [-0.15, -0.1) is 0 Å². The van der Waals surface area contributed by atoms with Crippen molar-refractivity contribution in [1.29, 1.82) is 0 Å². The average Bonchev–Trinajstić information content (AvgIpc) is 2.39. The Balaban J connectivity index is 2.21. The summed E-state index contributed by atoms with van der Waals surface area (Å²) >= 11 is 0. The maximum atomic E-state index is 12.9. The zero-order chi connectivity index (χ0) is 12.5. The molecule has 0 saturated heterocycles. The molecule has 2 N–H and O–H groups in total. The molecule has 88 valence electrons. The fourth-order valence-electron chi connectivity index (χ4n) is 1.87. The molecule has 0 aliphatic heterocycles. The number of nitrogens with two attached hydrogens (primary N) is 1. The molecule has 0 amide bonds. The van der Waals surface area contributed by atoms with E-state index in [1.165, 1.54) is 12.1 Å². The normalized spacial score (nSPS) is 10.7. The van der Waals surface area contributed by atoms with E-state index in [1.54, 1.807) is 18.3 Å². The quantitative estimate of drug-likeness (QED) is 0.710. The number of benzene rings is 1. The molecule has 3 aromatic rings. The van der Waals surface area contributed by atoms with Gasteiger partial charge in [0.1, 0.15) is 11.6 Å². The smallest absolute Gasteiger partial charge is 0.133 e. The van der Waals surface area contributed by atoms with E-state index in [9.17, 15) is 4.39 Å². The van der Waals surface area contributed by atoms with Gasteiger partial charge in [-0.3, -0.25) is 4.98 Å². The molecular weight excluding hydrogens is 229 g/mol. The lowest BCUT2D eigenvalue weighted by Gasteiger charge is -2.05. The largest absolute Gasteiger partial charge is 0.383 e. The highest BCUT2D eigenvalue weighted by Crippen LogP contribution is 2.24. The number of rotatable bonds is 1. The van der Waals surface area contributed by atoms with Crippen LogP contribution in [0.3, 0.4) is 0 Å². The van der Waals surface area contributed by atoms with Crippen LogP contribution >= 0.6 is 0 Å². The number of hydrogen-bond donors (Lipinski definition) is 1. The Morgan fingerprint density at radius 2 is 1.83 bits per heavy atom. The standard InChI is InChI=1S/C14H10FN3/c15-10-5-3-9(4-6-10)12-8-13-11(14(16)18-12)2-1-7-17-13/h1-8H,(H2,16,18). The maximum Gasteiger partial charge on any atom is 0.133 e. The van der Waals surface area contributed by atoms with Gasteiger partial charge in [-0.25, -0.2) is 9.37 Å². The monoisotopic (exact) mass is 239 g/mol. The van der Waals surface area contributed by atoms with Crippen molar-refractivity contribution in [2.75, 3.05) is 5.73 Å². The highest BCUT2D eigenvalue weighted by atomic mass is 19.1. The number of halogens is 1. The number of pyridine rings is 2. The molecule has 2 aromatic heterocycles. The third kappa shape index (κ3) is 1.78. The molecule has 0 aliphatic carbocycles. The molecule has 2 heterocycles. The first-order valence-corrected chi connectivity index (χ1v) is 5.51. The molecule has 4 heteroatoms. The molecule has 0 radical (unpaired) electrons. The van der Waals surface area contributed by atoms with Crippen molar-refractivity contribution in [2.45, 2.75) is 0 Å². The zero-order valence-corrected chi connectivity index (χ0v) is 9.47. The molecule has 0 spiro atoms. The van der Waals surface area contributed by atoms with Crippen molar-refractivity contribution in [3.63, 3.8) is 0 Å². The summed E-state index contributed by atoms with van der Waals surface area (Å²) in [6.07, 6.45) is 1.70. The van der Waals surface area contributed by atoms with Crippen LogP contribution in [0, 0.1) is 5.82 Å². The van der Waals surface area contributed by atoms with Gasteiger partial charge in [0, 0.05) is 17.1 Å². The molecule has 1 aromatic carbocycles. The number of fused-ring (bicyclic) bond motifs is 1. The van der Waals surface area contributed by atoms with E-state index >= 15 is 0 Å². The van der Waals surface area contributed by atoms with Crippen LogP contribution in [0.25, 0.3) is 22.2 Å². The Hall–Kier alpha value is -2.49. The predicted octanol–water partition coefficient (Wildman–Crippen LogP) is 3.02. The van der Waals surface area contributed by atoms with Gasteiger partial charge in [0.25, 0.3) is 0 Å². The molecule has 0 unspecified atom stereocenters. The van der Waals surface area contributed by atoms with Gasteiger partial charge in [0.2, 0.25) is 0 Å². The van der Waals surface area contributed by atoms with Crippen LogP contribution in [0.4, 0.5) is 10.2 Å². The lowest BCUT2D eigenvalue weighted by atomic mass is 10.1. The molecule has 0 atom stereocenters. The Bertz CT molecular complexity index is 708. The van der Waals surface area contributed by atoms with E-state index in [-0.39, 0.29) is 5.82 Å². The molecule has 3 nitrogen and oxygen atoms in total. The second-order valence-corrected chi connectivity index (χ2v) is 3.97. The van der Waals surface area contributed by atoms with Crippen molar-refractivity contribution < 1.29 is 4.39 Å². The van der Waals surface area contributed by atoms with Crippen molar-refractivity contribution >= 4 is 16.7 Å². The Kier molecular flexibility index (Phi) is 2.41. The summed E-state index contributed by atoms with van der Waals surface area (Å²) in [6.45, 7) is 0. The molecule has 0 bridgehead atoms. The second kappa shape index (κ2) is 4.07. The lowest BCUT2D eigenvalue weighted by molar-refractivity contribution is 0.628. The number of hydrogen-bond acceptors (Lipinski definition) is 3. The van der Waals surface area contributed by atoms with E-state index in [2.05, 4.69) is 9.97 Å². The summed E-state index contributed by atoms with van der Waals surface area (Å²) in [5, 5.41) is 0.823. The number of nitrogen functional groups attached to an aromatic ring is 1. The van der Waals surface area contributed by atoms with Gasteiger partial charge >= 0.3 is 0 Å². The van der Waals surface area contributed by atoms with Gasteiger partial charge in [-0.1, -0.05) is 0 Å². The first kappa shape index (κ1) is 10.7. The Morgan fingerprint density at radius 1 is 1.06 bits per heavy atom. The molecule has 0 aliphatic rings. The van der Waals surface area contributed by atoms with Crippen LogP contribution < -0.4 is 5.73 Å². The van der Waals surface area contributed by atoms with E-state index in [4.69, 9.17) is 5.73 Å². The predicted molar refractivity (Wildman–Crippen MR) is 69.3 cm³/mol. The number of aromatic nitrogens is 2. The van der Waals surface area contributed by atoms with Crippen molar-refractivity contribution in [2.24, 2.45) is 0 Å². The van der Waals surface area contributed by atoms with Gasteiger partial charge in [-0.2, -0.15) is 0 Å². The number of nitrogens with zero attached hydrogens (tertiary/aromatic N) is 2. The van der Waals surface area contributed by atoms with Crippen LogP contribution in [0.15, 0.2) is 48.7 Å². The fourth-order valence-corrected chi connectivity index (χ4v) is 1.87. The summed E-state index contributed by atoms with van der Waals surface area (Å²) in [5.74, 6) is 0.158. The lowest BCUT2D eigenvalue weighted by Crippen LogP contribution is -1.95. The number of anilines is 1. The Morgan fingerprint density at radius 3 is 2.61 bits per heavy atom. The first-order chi connectivity index (χ1) is 8.74. The van der Waals surface area contributed by atoms with Crippen LogP contribution in [0.2, 0.25) is 0 Å². The third-order valence-electron chi connectivity index (χ3n) is 2.77. The topological polar surface area (TPSA) is 51.8 Å². The summed E-state index contributed by atoms with van der Waals surface area (Å²) in [4.78, 5) is 8.57. The van der Waals surface area contributed by atoms with Gasteiger partial charge in [0.05, 0.1) is 11.2 Å². The highest BCUT2D eigenvalue weighted by molar-refractivity contribution is 5.90. The van der Waals surface area contributed by atoms with Gasteiger partial charge in [0.15, 0.2) is 0 Å². The van der Waals surface area contributed by atoms with Crippen molar-refractivity contribution in [3.8, 4) is 11.3 Å². The molecule has 0 fully saturated rings. The molecule has 3 rings (SSSR count).